The Bertz CT molecular complexity index is 927. The molecular weight excluding hydrogens is 457 g/mol. The van der Waals surface area contributed by atoms with Crippen LogP contribution in [-0.2, 0) is 33.6 Å². The van der Waals surface area contributed by atoms with E-state index in [4.69, 9.17) is 4.74 Å². The summed E-state index contributed by atoms with van der Waals surface area (Å²) in [4.78, 5) is 40.8. The molecule has 3 rings (SSSR count). The SMILES string of the molecule is C[C@H]1CCC(=O)N(C[C@H](CC(=O)N2CCn3c(nnc3C(F)(F)F)C2)NC(=O)OC(C)(C)C)C1. The zero-order chi connectivity index (χ0) is 25.3. The summed E-state index contributed by atoms with van der Waals surface area (Å²) in [7, 11) is 0. The van der Waals surface area contributed by atoms with Crippen molar-refractivity contribution in [2.45, 2.75) is 77.9 Å². The maximum absolute atomic E-state index is 13.1. The van der Waals surface area contributed by atoms with Gasteiger partial charge in [0.05, 0.1) is 12.6 Å². The summed E-state index contributed by atoms with van der Waals surface area (Å²) in [6.07, 6.45) is -4.30. The molecule has 1 saturated heterocycles. The van der Waals surface area contributed by atoms with Crippen LogP contribution in [0, 0.1) is 5.92 Å². The van der Waals surface area contributed by atoms with Crippen molar-refractivity contribution in [1.29, 1.82) is 0 Å². The van der Waals surface area contributed by atoms with Gasteiger partial charge in [0.25, 0.3) is 0 Å². The number of hydrogen-bond acceptors (Lipinski definition) is 6. The molecule has 0 bridgehead atoms. The van der Waals surface area contributed by atoms with Crippen molar-refractivity contribution in [3.05, 3.63) is 11.6 Å². The lowest BCUT2D eigenvalue weighted by molar-refractivity contribution is -0.148. The number of piperidine rings is 1. The topological polar surface area (TPSA) is 110 Å². The Morgan fingerprint density at radius 3 is 2.56 bits per heavy atom. The molecule has 3 heterocycles. The quantitative estimate of drug-likeness (QED) is 0.681. The third-order valence-electron chi connectivity index (χ3n) is 5.68. The Labute approximate surface area is 195 Å². The highest BCUT2D eigenvalue weighted by Gasteiger charge is 2.40. The number of nitrogens with one attached hydrogen (secondary N) is 1. The molecule has 0 aromatic carbocycles. The highest BCUT2D eigenvalue weighted by Crippen LogP contribution is 2.29. The van der Waals surface area contributed by atoms with Gasteiger partial charge in [-0.05, 0) is 33.1 Å². The number of likely N-dealkylation sites (tertiary alicyclic amines) is 1. The van der Waals surface area contributed by atoms with Crippen molar-refractivity contribution in [2.75, 3.05) is 19.6 Å². The Morgan fingerprint density at radius 2 is 1.91 bits per heavy atom. The predicted molar refractivity (Wildman–Crippen MR) is 113 cm³/mol. The first-order chi connectivity index (χ1) is 15.7. The molecule has 1 aromatic rings. The molecule has 3 amide bonds. The normalized spacial score (nSPS) is 20.1. The number of rotatable bonds is 5. The third-order valence-corrected chi connectivity index (χ3v) is 5.68. The van der Waals surface area contributed by atoms with Crippen LogP contribution in [0.15, 0.2) is 0 Å². The van der Waals surface area contributed by atoms with Gasteiger partial charge in [-0.3, -0.25) is 9.59 Å². The number of carbonyl (C=O) groups excluding carboxylic acids is 3. The van der Waals surface area contributed by atoms with Crippen LogP contribution < -0.4 is 5.32 Å². The van der Waals surface area contributed by atoms with E-state index >= 15 is 0 Å². The van der Waals surface area contributed by atoms with Gasteiger partial charge in [-0.25, -0.2) is 4.79 Å². The minimum atomic E-state index is -4.63. The zero-order valence-electron chi connectivity index (χ0n) is 19.8. The van der Waals surface area contributed by atoms with Gasteiger partial charge in [-0.2, -0.15) is 13.2 Å². The van der Waals surface area contributed by atoms with Crippen LogP contribution in [0.2, 0.25) is 0 Å². The molecule has 13 heteroatoms. The molecule has 1 aromatic heterocycles. The molecule has 0 saturated carbocycles. The van der Waals surface area contributed by atoms with Crippen molar-refractivity contribution in [2.24, 2.45) is 5.92 Å². The third kappa shape index (κ3) is 6.60. The Hall–Kier alpha value is -2.86. The summed E-state index contributed by atoms with van der Waals surface area (Å²) in [6, 6.07) is -0.720. The number of alkyl carbamates (subject to hydrolysis) is 1. The fourth-order valence-electron chi connectivity index (χ4n) is 4.10. The molecule has 0 spiro atoms. The lowest BCUT2D eigenvalue weighted by Crippen LogP contribution is -2.51. The van der Waals surface area contributed by atoms with Crippen LogP contribution in [-0.4, -0.2) is 73.7 Å². The monoisotopic (exact) mass is 488 g/mol. The fourth-order valence-corrected chi connectivity index (χ4v) is 4.10. The number of carbonyl (C=O) groups is 3. The van der Waals surface area contributed by atoms with Gasteiger partial charge < -0.3 is 24.4 Å². The van der Waals surface area contributed by atoms with Gasteiger partial charge in [0.2, 0.25) is 17.6 Å². The van der Waals surface area contributed by atoms with E-state index in [0.717, 1.165) is 11.0 Å². The van der Waals surface area contributed by atoms with Gasteiger partial charge in [0.15, 0.2) is 5.82 Å². The number of aromatic nitrogens is 3. The molecular formula is C21H31F3N6O4. The average Bonchev–Trinajstić information content (AvgIpc) is 3.12. The highest BCUT2D eigenvalue weighted by atomic mass is 19.4. The Balaban J connectivity index is 1.69. The van der Waals surface area contributed by atoms with Crippen LogP contribution in [0.3, 0.4) is 0 Å². The van der Waals surface area contributed by atoms with E-state index in [9.17, 15) is 27.6 Å². The molecule has 0 aliphatic carbocycles. The molecule has 0 radical (unpaired) electrons. The Kier molecular flexibility index (Phi) is 7.41. The van der Waals surface area contributed by atoms with Crippen molar-refractivity contribution in [3.63, 3.8) is 0 Å². The number of hydrogen-bond donors (Lipinski definition) is 1. The van der Waals surface area contributed by atoms with Gasteiger partial charge in [-0.1, -0.05) is 6.92 Å². The number of nitrogens with zero attached hydrogens (tertiary/aromatic N) is 5. The lowest BCUT2D eigenvalue weighted by atomic mass is 9.99. The summed E-state index contributed by atoms with van der Waals surface area (Å²) < 4.78 is 45.5. The number of fused-ring (bicyclic) bond motifs is 1. The summed E-state index contributed by atoms with van der Waals surface area (Å²) in [5.41, 5.74) is -0.749. The first-order valence-corrected chi connectivity index (χ1v) is 11.3. The van der Waals surface area contributed by atoms with Crippen LogP contribution in [0.25, 0.3) is 0 Å². The largest absolute Gasteiger partial charge is 0.451 e. The first kappa shape index (κ1) is 25.8. The van der Waals surface area contributed by atoms with E-state index < -0.39 is 29.7 Å². The minimum absolute atomic E-state index is 0.0450. The van der Waals surface area contributed by atoms with Crippen LogP contribution in [0.1, 0.15) is 58.6 Å². The van der Waals surface area contributed by atoms with Crippen LogP contribution in [0.5, 0.6) is 0 Å². The van der Waals surface area contributed by atoms with E-state index in [0.29, 0.717) is 18.9 Å². The molecule has 1 fully saturated rings. The zero-order valence-corrected chi connectivity index (χ0v) is 19.8. The second-order valence-electron chi connectivity index (χ2n) is 9.89. The van der Waals surface area contributed by atoms with Crippen molar-refractivity contribution in [1.82, 2.24) is 29.9 Å². The van der Waals surface area contributed by atoms with Gasteiger partial charge >= 0.3 is 12.3 Å². The van der Waals surface area contributed by atoms with Crippen molar-refractivity contribution >= 4 is 17.9 Å². The Morgan fingerprint density at radius 1 is 1.21 bits per heavy atom. The highest BCUT2D eigenvalue weighted by molar-refractivity contribution is 5.79. The molecule has 2 aliphatic rings. The fraction of sp³-hybridized carbons (Fsp3) is 0.762. The summed E-state index contributed by atoms with van der Waals surface area (Å²) in [5, 5.41) is 9.50. The van der Waals surface area contributed by atoms with Gasteiger partial charge in [-0.15, -0.1) is 10.2 Å². The number of ether oxygens (including phenoxy) is 1. The first-order valence-electron chi connectivity index (χ1n) is 11.3. The predicted octanol–water partition coefficient (Wildman–Crippen LogP) is 2.18. The number of amides is 3. The summed E-state index contributed by atoms with van der Waals surface area (Å²) >= 11 is 0. The minimum Gasteiger partial charge on any atom is -0.444 e. The molecule has 0 unspecified atom stereocenters. The molecule has 2 atom stereocenters. The average molecular weight is 489 g/mol. The molecule has 190 valence electrons. The van der Waals surface area contributed by atoms with E-state index in [-0.39, 0.29) is 50.2 Å². The lowest BCUT2D eigenvalue weighted by Gasteiger charge is -2.35. The van der Waals surface area contributed by atoms with E-state index in [2.05, 4.69) is 15.5 Å². The van der Waals surface area contributed by atoms with Crippen LogP contribution >= 0.6 is 0 Å². The van der Waals surface area contributed by atoms with Crippen molar-refractivity contribution < 1.29 is 32.3 Å². The maximum atomic E-state index is 13.1. The number of halogens is 3. The second kappa shape index (κ2) is 9.79. The maximum Gasteiger partial charge on any atom is 0.451 e. The standard InChI is InChI=1S/C21H31F3N6O4/c1-13-5-6-16(31)29(10-13)11-14(25-19(33)34-20(2,3)4)9-17(32)28-7-8-30-15(12-28)26-27-18(30)21(22,23)24/h13-14H,5-12H2,1-4H3,(H,25,33)/t13-,14-/m0/s1. The second-order valence-corrected chi connectivity index (χ2v) is 9.89. The van der Waals surface area contributed by atoms with E-state index in [1.807, 2.05) is 6.92 Å². The molecule has 1 N–H and O–H groups in total. The van der Waals surface area contributed by atoms with E-state index in [1.54, 1.807) is 25.7 Å². The van der Waals surface area contributed by atoms with Crippen LogP contribution in [0.4, 0.5) is 18.0 Å². The van der Waals surface area contributed by atoms with Gasteiger partial charge in [0.1, 0.15) is 5.60 Å². The molecule has 2 aliphatic heterocycles. The summed E-state index contributed by atoms with van der Waals surface area (Å²) in [5.74, 6) is -1.17. The smallest absolute Gasteiger partial charge is 0.444 e. The summed E-state index contributed by atoms with van der Waals surface area (Å²) in [6.45, 7) is 7.65. The molecule has 10 nitrogen and oxygen atoms in total. The van der Waals surface area contributed by atoms with E-state index in [1.165, 1.54) is 4.90 Å². The van der Waals surface area contributed by atoms with Gasteiger partial charge in [0, 0.05) is 39.0 Å². The molecule has 34 heavy (non-hydrogen) atoms. The number of alkyl halides is 3. The van der Waals surface area contributed by atoms with Crippen molar-refractivity contribution in [3.8, 4) is 0 Å².